The molecule has 152 valence electrons. The van der Waals surface area contributed by atoms with Gasteiger partial charge in [-0.15, -0.1) is 0 Å². The summed E-state index contributed by atoms with van der Waals surface area (Å²) in [6.45, 7) is 2.70. The number of amides is 2. The number of fused-ring (bicyclic) bond motifs is 1. The number of carbonyl (C=O) groups is 1. The maximum absolute atomic E-state index is 13.0. The summed E-state index contributed by atoms with van der Waals surface area (Å²) >= 11 is 0. The summed E-state index contributed by atoms with van der Waals surface area (Å²) in [5.74, 6) is 0.571. The molecule has 1 aromatic carbocycles. The molecule has 1 atom stereocenters. The minimum absolute atomic E-state index is 0.106. The van der Waals surface area contributed by atoms with Crippen molar-refractivity contribution in [3.05, 3.63) is 40.4 Å². The standard InChI is InChI=1S/C21H30N4O3/c1-15(24(2)21(27)22-16-9-5-4-6-10-16)19-23-18-12-8-7-11-17(18)20(26)25(19)13-14-28-3/h7-8,11-12,15-16H,4-6,9-10,13-14H2,1-3H3,(H,22,27). The number of methoxy groups -OCH3 is 1. The minimum Gasteiger partial charge on any atom is -0.383 e. The van der Waals surface area contributed by atoms with Gasteiger partial charge < -0.3 is 15.0 Å². The maximum Gasteiger partial charge on any atom is 0.317 e. The quantitative estimate of drug-likeness (QED) is 0.828. The molecule has 7 nitrogen and oxygen atoms in total. The van der Waals surface area contributed by atoms with Crippen molar-refractivity contribution in [3.63, 3.8) is 0 Å². The third-order valence-corrected chi connectivity index (χ3v) is 5.62. The van der Waals surface area contributed by atoms with Crippen molar-refractivity contribution in [3.8, 4) is 0 Å². The van der Waals surface area contributed by atoms with Crippen molar-refractivity contribution >= 4 is 16.9 Å². The summed E-state index contributed by atoms with van der Waals surface area (Å²) in [5.41, 5.74) is 0.537. The molecule has 0 spiro atoms. The minimum atomic E-state index is -0.349. The van der Waals surface area contributed by atoms with Crippen LogP contribution in [0.5, 0.6) is 0 Å². The number of aromatic nitrogens is 2. The van der Waals surface area contributed by atoms with Gasteiger partial charge in [-0.1, -0.05) is 31.4 Å². The Morgan fingerprint density at radius 1 is 1.32 bits per heavy atom. The molecule has 1 unspecified atom stereocenters. The number of para-hydroxylation sites is 1. The summed E-state index contributed by atoms with van der Waals surface area (Å²) < 4.78 is 6.80. The molecule has 28 heavy (non-hydrogen) atoms. The van der Waals surface area contributed by atoms with Gasteiger partial charge in [-0.05, 0) is 31.9 Å². The Morgan fingerprint density at radius 2 is 2.04 bits per heavy atom. The lowest BCUT2D eigenvalue weighted by Crippen LogP contribution is -2.45. The van der Waals surface area contributed by atoms with Crippen LogP contribution in [0.25, 0.3) is 10.9 Å². The van der Waals surface area contributed by atoms with E-state index in [1.807, 2.05) is 25.1 Å². The number of hydrogen-bond donors (Lipinski definition) is 1. The molecule has 1 aliphatic rings. The van der Waals surface area contributed by atoms with Crippen LogP contribution in [-0.4, -0.2) is 47.3 Å². The maximum atomic E-state index is 13.0. The number of nitrogens with one attached hydrogen (secondary N) is 1. The van der Waals surface area contributed by atoms with E-state index in [0.717, 1.165) is 25.7 Å². The Balaban J connectivity index is 1.89. The number of urea groups is 1. The van der Waals surface area contributed by atoms with E-state index in [9.17, 15) is 9.59 Å². The normalized spacial score (nSPS) is 16.1. The molecule has 7 heteroatoms. The summed E-state index contributed by atoms with van der Waals surface area (Å²) in [7, 11) is 3.36. The highest BCUT2D eigenvalue weighted by Gasteiger charge is 2.25. The van der Waals surface area contributed by atoms with Crippen molar-refractivity contribution in [2.24, 2.45) is 0 Å². The van der Waals surface area contributed by atoms with Crippen LogP contribution in [0.4, 0.5) is 4.79 Å². The van der Waals surface area contributed by atoms with E-state index in [2.05, 4.69) is 5.32 Å². The molecule has 0 aliphatic heterocycles. The molecule has 1 N–H and O–H groups in total. The fourth-order valence-electron chi connectivity index (χ4n) is 3.78. The van der Waals surface area contributed by atoms with Gasteiger partial charge in [0, 0.05) is 20.2 Å². The van der Waals surface area contributed by atoms with Gasteiger partial charge in [0.1, 0.15) is 5.82 Å². The van der Waals surface area contributed by atoms with Crippen molar-refractivity contribution in [1.29, 1.82) is 0 Å². The largest absolute Gasteiger partial charge is 0.383 e. The molecule has 2 amide bonds. The van der Waals surface area contributed by atoms with Crippen molar-refractivity contribution < 1.29 is 9.53 Å². The number of nitrogens with zero attached hydrogens (tertiary/aromatic N) is 3. The average Bonchev–Trinajstić information content (AvgIpc) is 2.72. The highest BCUT2D eigenvalue weighted by atomic mass is 16.5. The molecule has 1 heterocycles. The number of carbonyl (C=O) groups excluding carboxylic acids is 1. The van der Waals surface area contributed by atoms with E-state index >= 15 is 0 Å². The monoisotopic (exact) mass is 386 g/mol. The fraction of sp³-hybridized carbons (Fsp3) is 0.571. The van der Waals surface area contributed by atoms with Gasteiger partial charge in [-0.2, -0.15) is 0 Å². The molecule has 2 aromatic rings. The van der Waals surface area contributed by atoms with Crippen molar-refractivity contribution in [2.75, 3.05) is 20.8 Å². The summed E-state index contributed by atoms with van der Waals surface area (Å²) in [6.07, 6.45) is 5.62. The third-order valence-electron chi connectivity index (χ3n) is 5.62. The SMILES string of the molecule is COCCn1c(C(C)N(C)C(=O)NC2CCCCC2)nc2ccccc2c1=O. The predicted molar refractivity (Wildman–Crippen MR) is 109 cm³/mol. The first kappa shape index (κ1) is 20.3. The third kappa shape index (κ3) is 4.35. The number of benzene rings is 1. The second-order valence-electron chi connectivity index (χ2n) is 7.51. The van der Waals surface area contributed by atoms with E-state index in [1.165, 1.54) is 6.42 Å². The Kier molecular flexibility index (Phi) is 6.67. The number of hydrogen-bond acceptors (Lipinski definition) is 4. The van der Waals surface area contributed by atoms with Crippen LogP contribution in [-0.2, 0) is 11.3 Å². The molecule has 1 fully saturated rings. The Morgan fingerprint density at radius 3 is 2.75 bits per heavy atom. The van der Waals surface area contributed by atoms with E-state index in [-0.39, 0.29) is 23.7 Å². The molecule has 3 rings (SSSR count). The number of ether oxygens (including phenoxy) is 1. The molecule has 0 radical (unpaired) electrons. The van der Waals surface area contributed by atoms with Crippen LogP contribution >= 0.6 is 0 Å². The lowest BCUT2D eigenvalue weighted by Gasteiger charge is -2.30. The summed E-state index contributed by atoms with van der Waals surface area (Å²) in [6, 6.07) is 7.06. The molecule has 0 bridgehead atoms. The second-order valence-corrected chi connectivity index (χ2v) is 7.51. The van der Waals surface area contributed by atoms with Gasteiger partial charge in [-0.3, -0.25) is 9.36 Å². The summed E-state index contributed by atoms with van der Waals surface area (Å²) in [4.78, 5) is 32.2. The van der Waals surface area contributed by atoms with Gasteiger partial charge in [0.2, 0.25) is 0 Å². The predicted octanol–water partition coefficient (Wildman–Crippen LogP) is 3.08. The molecule has 1 saturated carbocycles. The average molecular weight is 386 g/mol. The number of rotatable bonds is 6. The zero-order chi connectivity index (χ0) is 20.1. The highest BCUT2D eigenvalue weighted by Crippen LogP contribution is 2.21. The highest BCUT2D eigenvalue weighted by molar-refractivity contribution is 5.78. The van der Waals surface area contributed by atoms with Crippen molar-refractivity contribution in [2.45, 2.75) is 57.7 Å². The van der Waals surface area contributed by atoms with E-state index in [0.29, 0.717) is 29.9 Å². The smallest absolute Gasteiger partial charge is 0.317 e. The van der Waals surface area contributed by atoms with Gasteiger partial charge in [-0.25, -0.2) is 9.78 Å². The Labute approximate surface area is 165 Å². The second kappa shape index (κ2) is 9.19. The first-order valence-corrected chi connectivity index (χ1v) is 10.0. The van der Waals surface area contributed by atoms with Crippen LogP contribution in [0.2, 0.25) is 0 Å². The van der Waals surface area contributed by atoms with Crippen LogP contribution in [0.15, 0.2) is 29.1 Å². The van der Waals surface area contributed by atoms with Gasteiger partial charge in [0.05, 0.1) is 30.1 Å². The lowest BCUT2D eigenvalue weighted by molar-refractivity contribution is 0.173. The van der Waals surface area contributed by atoms with Gasteiger partial charge in [0.15, 0.2) is 0 Å². The van der Waals surface area contributed by atoms with E-state index in [4.69, 9.17) is 9.72 Å². The zero-order valence-electron chi connectivity index (χ0n) is 17.0. The first-order chi connectivity index (χ1) is 13.5. The lowest BCUT2D eigenvalue weighted by atomic mass is 9.96. The van der Waals surface area contributed by atoms with Crippen molar-refractivity contribution in [1.82, 2.24) is 19.8 Å². The van der Waals surface area contributed by atoms with Crippen LogP contribution in [0, 0.1) is 0 Å². The van der Waals surface area contributed by atoms with Crippen LogP contribution in [0.1, 0.15) is 50.9 Å². The summed E-state index contributed by atoms with van der Waals surface area (Å²) in [5, 5.41) is 3.70. The molecule has 1 aliphatic carbocycles. The molecular formula is C21H30N4O3. The van der Waals surface area contributed by atoms with E-state index < -0.39 is 0 Å². The Bertz CT molecular complexity index is 874. The first-order valence-electron chi connectivity index (χ1n) is 10.0. The van der Waals surface area contributed by atoms with Gasteiger partial charge in [0.25, 0.3) is 5.56 Å². The topological polar surface area (TPSA) is 76.5 Å². The molecule has 0 saturated heterocycles. The molecule has 1 aromatic heterocycles. The fourth-order valence-corrected chi connectivity index (χ4v) is 3.78. The Hall–Kier alpha value is -2.41. The van der Waals surface area contributed by atoms with Crippen LogP contribution < -0.4 is 10.9 Å². The van der Waals surface area contributed by atoms with Crippen LogP contribution in [0.3, 0.4) is 0 Å². The van der Waals surface area contributed by atoms with E-state index in [1.54, 1.807) is 29.7 Å². The van der Waals surface area contributed by atoms with Gasteiger partial charge >= 0.3 is 6.03 Å². The zero-order valence-corrected chi connectivity index (χ0v) is 17.0. The molecular weight excluding hydrogens is 356 g/mol.